The number of methoxy groups -OCH3 is 1. The second-order valence-electron chi connectivity index (χ2n) is 13.8. The van der Waals surface area contributed by atoms with Gasteiger partial charge in [-0.2, -0.15) is 5.10 Å². The van der Waals surface area contributed by atoms with Crippen LogP contribution in [-0.4, -0.2) is 105 Å². The summed E-state index contributed by atoms with van der Waals surface area (Å²) in [5.41, 5.74) is 4.75. The van der Waals surface area contributed by atoms with Crippen LogP contribution in [0.3, 0.4) is 0 Å². The van der Waals surface area contributed by atoms with E-state index in [1.165, 1.54) is 13.2 Å². The number of piperazine rings is 1. The number of unbranched alkanes of at least 4 members (excludes halogenated alkanes) is 1. The number of ether oxygens (including phenoxy) is 1. The molecule has 2 saturated heterocycles. The summed E-state index contributed by atoms with van der Waals surface area (Å²) in [7, 11) is 1.47. The molecule has 286 valence electrons. The van der Waals surface area contributed by atoms with Crippen LogP contribution in [0.2, 0.25) is 0 Å². The number of nitrogens with one attached hydrogen (secondary N) is 3. The van der Waals surface area contributed by atoms with E-state index in [-0.39, 0.29) is 41.3 Å². The maximum atomic E-state index is 14.8. The first kappa shape index (κ1) is 36.3. The lowest BCUT2D eigenvalue weighted by atomic mass is 10.0. The number of halogens is 1. The van der Waals surface area contributed by atoms with Crippen molar-refractivity contribution in [2.75, 3.05) is 50.1 Å². The Hall–Kier alpha value is -6.71. The van der Waals surface area contributed by atoms with Gasteiger partial charge in [-0.25, -0.2) is 14.4 Å². The molecular formula is C40H38FN9O6. The number of nitrogens with zero attached hydrogens (tertiary/aromatic N) is 6. The van der Waals surface area contributed by atoms with Crippen LogP contribution in [-0.2, 0) is 14.4 Å². The standard InChI is InChI=1S/C40H38FN9O6/c1-56-30-9-5-7-26(41)34(30)37-43-22-28-36(45-37)35(47-46-28)23-11-13-24(14-12-23)48-18-20-49(21-19-48)32(52)10-2-3-17-42-27-8-4-6-25-33(27)40(55)50(39(25)54)29-15-16-31(51)44-38(29)53/h4-9,11-14,22,29,42H,2-3,10,15-21H2,1H3,(H,46,47)(H,44,51,53). The topological polar surface area (TPSA) is 183 Å². The molecule has 0 bridgehead atoms. The molecule has 0 radical (unpaired) electrons. The van der Waals surface area contributed by atoms with Crippen molar-refractivity contribution in [3.63, 3.8) is 0 Å². The zero-order chi connectivity index (χ0) is 38.9. The van der Waals surface area contributed by atoms with E-state index in [2.05, 4.69) is 35.7 Å². The van der Waals surface area contributed by atoms with Crippen molar-refractivity contribution in [3.05, 3.63) is 83.8 Å². The third-order valence-electron chi connectivity index (χ3n) is 10.5. The summed E-state index contributed by atoms with van der Waals surface area (Å²) in [6.45, 7) is 3.04. The Bertz CT molecular complexity index is 2370. The number of aromatic amines is 1. The monoisotopic (exact) mass is 759 g/mol. The number of aromatic nitrogens is 4. The smallest absolute Gasteiger partial charge is 0.264 e. The average molecular weight is 760 g/mol. The van der Waals surface area contributed by atoms with Gasteiger partial charge in [0.1, 0.15) is 34.3 Å². The average Bonchev–Trinajstić information content (AvgIpc) is 3.75. The number of amides is 5. The SMILES string of the molecule is COc1cccc(F)c1-c1ncc2[nH]nc(-c3ccc(N4CCN(C(=O)CCCCNc5cccc6c5C(=O)N(C5CCC(=O)NC5=O)C6=O)CC4)cc3)c2n1. The van der Waals surface area contributed by atoms with Crippen molar-refractivity contribution in [2.24, 2.45) is 0 Å². The first-order valence-electron chi connectivity index (χ1n) is 18.5. The van der Waals surface area contributed by atoms with Crippen LogP contribution >= 0.6 is 0 Å². The fraction of sp³-hybridized carbons (Fsp3) is 0.300. The minimum atomic E-state index is -1.03. The maximum absolute atomic E-state index is 14.8. The Morgan fingerprint density at radius 3 is 2.50 bits per heavy atom. The van der Waals surface area contributed by atoms with Crippen molar-refractivity contribution in [1.29, 1.82) is 0 Å². The summed E-state index contributed by atoms with van der Waals surface area (Å²) in [5.74, 6) is -2.05. The molecule has 16 heteroatoms. The molecule has 1 unspecified atom stereocenters. The van der Waals surface area contributed by atoms with Crippen molar-refractivity contribution >= 4 is 51.9 Å². The first-order valence-corrected chi connectivity index (χ1v) is 18.5. The number of carbonyl (C=O) groups is 5. The van der Waals surface area contributed by atoms with Crippen LogP contribution < -0.4 is 20.3 Å². The zero-order valence-electron chi connectivity index (χ0n) is 30.5. The first-order chi connectivity index (χ1) is 27.2. The molecule has 5 heterocycles. The summed E-state index contributed by atoms with van der Waals surface area (Å²) >= 11 is 0. The Labute approximate surface area is 320 Å². The Morgan fingerprint density at radius 2 is 1.73 bits per heavy atom. The quantitative estimate of drug-likeness (QED) is 0.130. The molecule has 8 rings (SSSR count). The third kappa shape index (κ3) is 6.78. The summed E-state index contributed by atoms with van der Waals surface area (Å²) in [6, 6.07) is 16.5. The van der Waals surface area contributed by atoms with Crippen molar-refractivity contribution in [1.82, 2.24) is 35.3 Å². The van der Waals surface area contributed by atoms with E-state index in [0.29, 0.717) is 80.2 Å². The lowest BCUT2D eigenvalue weighted by molar-refractivity contribution is -0.136. The molecule has 5 aromatic rings. The van der Waals surface area contributed by atoms with Gasteiger partial charge < -0.3 is 19.9 Å². The van der Waals surface area contributed by atoms with Gasteiger partial charge >= 0.3 is 0 Å². The lowest BCUT2D eigenvalue weighted by Crippen LogP contribution is -2.54. The highest BCUT2D eigenvalue weighted by Crippen LogP contribution is 2.34. The molecule has 15 nitrogen and oxygen atoms in total. The highest BCUT2D eigenvalue weighted by Gasteiger charge is 2.45. The molecule has 0 spiro atoms. The molecular weight excluding hydrogens is 721 g/mol. The number of piperidine rings is 1. The fourth-order valence-electron chi connectivity index (χ4n) is 7.52. The van der Waals surface area contributed by atoms with E-state index in [1.807, 2.05) is 29.2 Å². The van der Waals surface area contributed by atoms with Crippen molar-refractivity contribution < 1.29 is 33.1 Å². The van der Waals surface area contributed by atoms with Gasteiger partial charge in [0, 0.05) is 62.5 Å². The largest absolute Gasteiger partial charge is 0.496 e. The zero-order valence-corrected chi connectivity index (χ0v) is 30.5. The molecule has 3 N–H and O–H groups in total. The minimum absolute atomic E-state index is 0.0550. The van der Waals surface area contributed by atoms with E-state index in [4.69, 9.17) is 4.74 Å². The molecule has 56 heavy (non-hydrogen) atoms. The highest BCUT2D eigenvalue weighted by molar-refractivity contribution is 6.25. The summed E-state index contributed by atoms with van der Waals surface area (Å²) in [6.07, 6.45) is 3.41. The normalized spacial score (nSPS) is 17.0. The van der Waals surface area contributed by atoms with Crippen LogP contribution in [0.1, 0.15) is 52.8 Å². The summed E-state index contributed by atoms with van der Waals surface area (Å²) in [4.78, 5) is 77.6. The van der Waals surface area contributed by atoms with Crippen LogP contribution in [0.15, 0.2) is 66.9 Å². The lowest BCUT2D eigenvalue weighted by Gasteiger charge is -2.36. The van der Waals surface area contributed by atoms with Gasteiger partial charge in [-0.3, -0.25) is 39.3 Å². The fourth-order valence-corrected chi connectivity index (χ4v) is 7.52. The van der Waals surface area contributed by atoms with Crippen LogP contribution in [0.4, 0.5) is 15.8 Å². The predicted molar refractivity (Wildman–Crippen MR) is 203 cm³/mol. The second-order valence-corrected chi connectivity index (χ2v) is 13.8. The Balaban J connectivity index is 0.818. The maximum Gasteiger partial charge on any atom is 0.264 e. The van der Waals surface area contributed by atoms with E-state index in [0.717, 1.165) is 16.2 Å². The number of anilines is 2. The molecule has 2 fully saturated rings. The van der Waals surface area contributed by atoms with Crippen molar-refractivity contribution in [2.45, 2.75) is 38.1 Å². The van der Waals surface area contributed by atoms with Gasteiger partial charge in [0.15, 0.2) is 5.82 Å². The second kappa shape index (κ2) is 15.2. The number of imide groups is 2. The third-order valence-corrected chi connectivity index (χ3v) is 10.5. The van der Waals surface area contributed by atoms with Gasteiger partial charge in [-0.15, -0.1) is 0 Å². The summed E-state index contributed by atoms with van der Waals surface area (Å²) in [5, 5.41) is 12.9. The van der Waals surface area contributed by atoms with Crippen LogP contribution in [0.5, 0.6) is 5.75 Å². The number of benzene rings is 3. The Kier molecular flexibility index (Phi) is 9.85. The van der Waals surface area contributed by atoms with Crippen LogP contribution in [0, 0.1) is 5.82 Å². The number of rotatable bonds is 11. The number of hydrogen-bond donors (Lipinski definition) is 3. The number of hydrogen-bond acceptors (Lipinski definition) is 11. The molecule has 3 aliphatic rings. The minimum Gasteiger partial charge on any atom is -0.496 e. The molecule has 2 aromatic heterocycles. The van der Waals surface area contributed by atoms with Crippen LogP contribution in [0.25, 0.3) is 33.7 Å². The number of carbonyl (C=O) groups excluding carboxylic acids is 5. The van der Waals surface area contributed by atoms with Crippen molar-refractivity contribution in [3.8, 4) is 28.4 Å². The van der Waals surface area contributed by atoms with Gasteiger partial charge in [-0.1, -0.05) is 24.3 Å². The van der Waals surface area contributed by atoms with Gasteiger partial charge in [-0.05, 0) is 55.7 Å². The van der Waals surface area contributed by atoms with E-state index in [9.17, 15) is 28.4 Å². The molecule has 3 aliphatic heterocycles. The van der Waals surface area contributed by atoms with Gasteiger partial charge in [0.05, 0.1) is 30.0 Å². The van der Waals surface area contributed by atoms with Gasteiger partial charge in [0.25, 0.3) is 11.8 Å². The summed E-state index contributed by atoms with van der Waals surface area (Å²) < 4.78 is 20.1. The molecule has 3 aromatic carbocycles. The van der Waals surface area contributed by atoms with E-state index in [1.54, 1.807) is 36.5 Å². The van der Waals surface area contributed by atoms with E-state index < -0.39 is 35.5 Å². The van der Waals surface area contributed by atoms with E-state index >= 15 is 0 Å². The number of fused-ring (bicyclic) bond motifs is 2. The molecule has 5 amide bonds. The molecule has 1 atom stereocenters. The molecule has 0 aliphatic carbocycles. The highest BCUT2D eigenvalue weighted by atomic mass is 19.1. The molecule has 0 saturated carbocycles. The Morgan fingerprint density at radius 1 is 0.946 bits per heavy atom. The van der Waals surface area contributed by atoms with Gasteiger partial charge in [0.2, 0.25) is 17.7 Å². The predicted octanol–water partition coefficient (Wildman–Crippen LogP) is 4.17. The number of H-pyrrole nitrogens is 1.